The van der Waals surface area contributed by atoms with Crippen molar-refractivity contribution in [1.82, 2.24) is 24.2 Å². The highest BCUT2D eigenvalue weighted by Crippen LogP contribution is 2.26. The van der Waals surface area contributed by atoms with Crippen LogP contribution in [0.5, 0.6) is 0 Å². The second-order valence-electron chi connectivity index (χ2n) is 8.53. The number of carbonyl (C=O) groups excluding carboxylic acids is 1. The molecular weight excluding hydrogens is 439 g/mol. The summed E-state index contributed by atoms with van der Waals surface area (Å²) in [7, 11) is 0. The van der Waals surface area contributed by atoms with E-state index in [1.807, 2.05) is 31.2 Å². The fourth-order valence-electron chi connectivity index (χ4n) is 3.99. The maximum Gasteiger partial charge on any atom is 0.389 e. The normalized spacial score (nSPS) is 16.3. The van der Waals surface area contributed by atoms with E-state index in [0.717, 1.165) is 11.3 Å². The van der Waals surface area contributed by atoms with Crippen molar-refractivity contribution in [1.29, 1.82) is 0 Å². The number of aromatic nitrogens is 4. The standard InChI is InChI=1S/C22H24F3N5O3/c1-15-2-4-16(5-3-15)30-19-17(12-27-30)20(32)29(14-26-19)13-21(33)8-10-28(11-9-21)18(31)6-7-22(23,24)25/h2-5,12,14,33H,6-11,13H2,1H3. The molecule has 1 saturated heterocycles. The molecule has 1 aliphatic rings. The van der Waals surface area contributed by atoms with Crippen LogP contribution in [0, 0.1) is 6.92 Å². The molecule has 0 spiro atoms. The summed E-state index contributed by atoms with van der Waals surface area (Å²) in [5, 5.41) is 15.5. The summed E-state index contributed by atoms with van der Waals surface area (Å²) < 4.78 is 39.9. The van der Waals surface area contributed by atoms with E-state index in [9.17, 15) is 27.9 Å². The third-order valence-electron chi connectivity index (χ3n) is 5.97. The maximum atomic E-state index is 13.0. The van der Waals surface area contributed by atoms with Crippen LogP contribution >= 0.6 is 0 Å². The Hall–Kier alpha value is -3.21. The lowest BCUT2D eigenvalue weighted by Gasteiger charge is -2.38. The number of carbonyl (C=O) groups is 1. The van der Waals surface area contributed by atoms with Gasteiger partial charge in [-0.1, -0.05) is 17.7 Å². The molecule has 0 unspecified atom stereocenters. The number of aryl methyl sites for hydroxylation is 1. The van der Waals surface area contributed by atoms with E-state index in [0.29, 0.717) is 11.0 Å². The number of amides is 1. The maximum absolute atomic E-state index is 13.0. The monoisotopic (exact) mass is 463 g/mol. The zero-order valence-corrected chi connectivity index (χ0v) is 18.0. The molecule has 0 radical (unpaired) electrons. The SMILES string of the molecule is Cc1ccc(-n2ncc3c(=O)n(CC4(O)CCN(C(=O)CCC(F)(F)F)CC4)cnc32)cc1. The molecule has 176 valence electrons. The minimum absolute atomic E-state index is 0.0327. The van der Waals surface area contributed by atoms with E-state index in [-0.39, 0.29) is 38.0 Å². The van der Waals surface area contributed by atoms with Gasteiger partial charge >= 0.3 is 6.18 Å². The van der Waals surface area contributed by atoms with Crippen molar-refractivity contribution in [2.45, 2.75) is 50.9 Å². The van der Waals surface area contributed by atoms with Crippen LogP contribution in [0.15, 0.2) is 41.6 Å². The molecule has 2 aromatic heterocycles. The quantitative estimate of drug-likeness (QED) is 0.628. The molecule has 33 heavy (non-hydrogen) atoms. The van der Waals surface area contributed by atoms with Crippen molar-refractivity contribution < 1.29 is 23.1 Å². The number of benzene rings is 1. The zero-order chi connectivity index (χ0) is 23.8. The minimum Gasteiger partial charge on any atom is -0.388 e. The Morgan fingerprint density at radius 2 is 1.85 bits per heavy atom. The number of alkyl halides is 3. The van der Waals surface area contributed by atoms with E-state index in [1.54, 1.807) is 4.68 Å². The number of rotatable bonds is 5. The van der Waals surface area contributed by atoms with Crippen LogP contribution in [-0.2, 0) is 11.3 Å². The molecule has 1 aliphatic heterocycles. The minimum atomic E-state index is -4.38. The molecule has 1 N–H and O–H groups in total. The van der Waals surface area contributed by atoms with Crippen molar-refractivity contribution >= 4 is 16.9 Å². The smallest absolute Gasteiger partial charge is 0.388 e. The summed E-state index contributed by atoms with van der Waals surface area (Å²) in [6.45, 7) is 2.19. The third kappa shape index (κ3) is 5.08. The Kier molecular flexibility index (Phi) is 6.00. The first-order chi connectivity index (χ1) is 15.5. The van der Waals surface area contributed by atoms with E-state index < -0.39 is 30.5 Å². The Morgan fingerprint density at radius 1 is 1.18 bits per heavy atom. The van der Waals surface area contributed by atoms with Gasteiger partial charge in [-0.3, -0.25) is 14.2 Å². The number of hydrogen-bond donors (Lipinski definition) is 1. The van der Waals surface area contributed by atoms with Gasteiger partial charge in [0.25, 0.3) is 5.56 Å². The molecule has 4 rings (SSSR count). The fourth-order valence-corrected chi connectivity index (χ4v) is 3.99. The van der Waals surface area contributed by atoms with Crippen LogP contribution in [0.1, 0.15) is 31.2 Å². The molecule has 1 fully saturated rings. The first kappa shape index (κ1) is 23.0. The predicted octanol–water partition coefficient (Wildman–Crippen LogP) is 2.59. The van der Waals surface area contributed by atoms with Crippen molar-refractivity contribution in [3.8, 4) is 5.69 Å². The van der Waals surface area contributed by atoms with Crippen molar-refractivity contribution in [3.63, 3.8) is 0 Å². The summed E-state index contributed by atoms with van der Waals surface area (Å²) in [4.78, 5) is 30.7. The molecule has 1 amide bonds. The van der Waals surface area contributed by atoms with Gasteiger partial charge in [-0.2, -0.15) is 18.3 Å². The number of hydrogen-bond acceptors (Lipinski definition) is 5. The zero-order valence-electron chi connectivity index (χ0n) is 18.0. The molecule has 3 heterocycles. The van der Waals surface area contributed by atoms with Crippen LogP contribution in [-0.4, -0.2) is 60.1 Å². The van der Waals surface area contributed by atoms with Crippen molar-refractivity contribution in [3.05, 3.63) is 52.7 Å². The molecule has 11 heteroatoms. The molecule has 0 saturated carbocycles. The van der Waals surface area contributed by atoms with Gasteiger partial charge in [-0.05, 0) is 31.9 Å². The highest BCUT2D eigenvalue weighted by molar-refractivity contribution is 5.76. The van der Waals surface area contributed by atoms with Gasteiger partial charge < -0.3 is 10.0 Å². The molecule has 1 aromatic carbocycles. The number of likely N-dealkylation sites (tertiary alicyclic amines) is 1. The molecule has 0 aliphatic carbocycles. The average Bonchev–Trinajstić information content (AvgIpc) is 3.19. The summed E-state index contributed by atoms with van der Waals surface area (Å²) in [6, 6.07) is 7.61. The van der Waals surface area contributed by atoms with Crippen LogP contribution < -0.4 is 5.56 Å². The lowest BCUT2D eigenvalue weighted by Crippen LogP contribution is -2.49. The topological polar surface area (TPSA) is 93.2 Å². The molecular formula is C22H24F3N5O3. The Bertz CT molecular complexity index is 1210. The number of fused-ring (bicyclic) bond motifs is 1. The molecule has 0 bridgehead atoms. The first-order valence-corrected chi connectivity index (χ1v) is 10.6. The number of nitrogens with zero attached hydrogens (tertiary/aromatic N) is 5. The molecule has 8 nitrogen and oxygen atoms in total. The lowest BCUT2D eigenvalue weighted by atomic mass is 9.91. The second-order valence-corrected chi connectivity index (χ2v) is 8.53. The molecule has 0 atom stereocenters. The van der Waals surface area contributed by atoms with Crippen molar-refractivity contribution in [2.24, 2.45) is 0 Å². The summed E-state index contributed by atoms with van der Waals surface area (Å²) in [5.41, 5.74) is 0.633. The molecule has 3 aromatic rings. The van der Waals surface area contributed by atoms with Crippen molar-refractivity contribution in [2.75, 3.05) is 13.1 Å². The predicted molar refractivity (Wildman–Crippen MR) is 114 cm³/mol. The van der Waals surface area contributed by atoms with E-state index in [4.69, 9.17) is 0 Å². The van der Waals surface area contributed by atoms with Gasteiger partial charge in [-0.25, -0.2) is 9.67 Å². The van der Waals surface area contributed by atoms with Crippen LogP contribution in [0.3, 0.4) is 0 Å². The van der Waals surface area contributed by atoms with Gasteiger partial charge in [0, 0.05) is 19.5 Å². The Morgan fingerprint density at radius 3 is 2.48 bits per heavy atom. The summed E-state index contributed by atoms with van der Waals surface area (Å²) in [6.07, 6.45) is -3.05. The fraction of sp³-hybridized carbons (Fsp3) is 0.455. The third-order valence-corrected chi connectivity index (χ3v) is 5.97. The van der Waals surface area contributed by atoms with Gasteiger partial charge in [0.15, 0.2) is 5.65 Å². The van der Waals surface area contributed by atoms with Crippen LogP contribution in [0.2, 0.25) is 0 Å². The largest absolute Gasteiger partial charge is 0.389 e. The number of aliphatic hydroxyl groups is 1. The second kappa shape index (κ2) is 8.62. The van der Waals surface area contributed by atoms with Gasteiger partial charge in [0.05, 0.1) is 30.5 Å². The van der Waals surface area contributed by atoms with Gasteiger partial charge in [0.2, 0.25) is 5.91 Å². The van der Waals surface area contributed by atoms with E-state index >= 15 is 0 Å². The van der Waals surface area contributed by atoms with Gasteiger partial charge in [0.1, 0.15) is 11.7 Å². The first-order valence-electron chi connectivity index (χ1n) is 10.6. The van der Waals surface area contributed by atoms with E-state index in [2.05, 4.69) is 10.1 Å². The summed E-state index contributed by atoms with van der Waals surface area (Å²) in [5.74, 6) is -0.585. The highest BCUT2D eigenvalue weighted by atomic mass is 19.4. The number of piperidine rings is 1. The number of halogens is 3. The Balaban J connectivity index is 1.46. The van der Waals surface area contributed by atoms with Crippen LogP contribution in [0.4, 0.5) is 13.2 Å². The van der Waals surface area contributed by atoms with Crippen LogP contribution in [0.25, 0.3) is 16.7 Å². The highest BCUT2D eigenvalue weighted by Gasteiger charge is 2.36. The lowest BCUT2D eigenvalue weighted by molar-refractivity contribution is -0.151. The van der Waals surface area contributed by atoms with Gasteiger partial charge in [-0.15, -0.1) is 0 Å². The Labute approximate surface area is 187 Å². The average molecular weight is 463 g/mol. The summed E-state index contributed by atoms with van der Waals surface area (Å²) >= 11 is 0. The van der Waals surface area contributed by atoms with E-state index in [1.165, 1.54) is 22.0 Å².